The summed E-state index contributed by atoms with van der Waals surface area (Å²) in [6.07, 6.45) is 2.44. The quantitative estimate of drug-likeness (QED) is 0.210. The van der Waals surface area contributed by atoms with Gasteiger partial charge in [0.15, 0.2) is 5.11 Å². The van der Waals surface area contributed by atoms with Gasteiger partial charge in [0.2, 0.25) is 0 Å². The zero-order valence-electron chi connectivity index (χ0n) is 19.7. The average molecular weight is 493 g/mol. The molecule has 0 aromatic heterocycles. The molecule has 5 rings (SSSR count). The SMILES string of the molecule is CCc1ccc(N2C(=O)/C(=C/c3ccccc3OCc3ccc4ccccc4c3)C(=O)NC2=S)cc1. The van der Waals surface area contributed by atoms with Crippen LogP contribution < -0.4 is 15.0 Å². The van der Waals surface area contributed by atoms with Crippen molar-refractivity contribution in [3.8, 4) is 5.75 Å². The van der Waals surface area contributed by atoms with Crippen LogP contribution in [0.15, 0.2) is 96.6 Å². The molecule has 0 saturated carbocycles. The highest BCUT2D eigenvalue weighted by Gasteiger charge is 2.34. The van der Waals surface area contributed by atoms with Crippen molar-refractivity contribution >= 4 is 51.7 Å². The molecule has 1 fully saturated rings. The second kappa shape index (κ2) is 10.1. The van der Waals surface area contributed by atoms with Crippen molar-refractivity contribution in [2.75, 3.05) is 4.90 Å². The maximum absolute atomic E-state index is 13.4. The molecule has 1 aliphatic rings. The largest absolute Gasteiger partial charge is 0.488 e. The summed E-state index contributed by atoms with van der Waals surface area (Å²) in [6.45, 7) is 2.41. The Balaban J connectivity index is 1.41. The molecule has 0 atom stereocenters. The van der Waals surface area contributed by atoms with Gasteiger partial charge in [-0.25, -0.2) is 0 Å². The van der Waals surface area contributed by atoms with E-state index in [1.165, 1.54) is 10.3 Å². The van der Waals surface area contributed by atoms with Gasteiger partial charge in [-0.05, 0) is 70.9 Å². The van der Waals surface area contributed by atoms with E-state index >= 15 is 0 Å². The van der Waals surface area contributed by atoms with Crippen LogP contribution in [-0.2, 0) is 22.6 Å². The molecular formula is C30H24N2O3S. The van der Waals surface area contributed by atoms with E-state index in [1.807, 2.05) is 66.7 Å². The number of rotatable bonds is 6. The molecule has 0 aliphatic carbocycles. The second-order valence-corrected chi connectivity index (χ2v) is 8.87. The molecule has 1 aliphatic heterocycles. The Morgan fingerprint density at radius 3 is 2.33 bits per heavy atom. The van der Waals surface area contributed by atoms with Crippen molar-refractivity contribution in [2.45, 2.75) is 20.0 Å². The fourth-order valence-corrected chi connectivity index (χ4v) is 4.43. The summed E-state index contributed by atoms with van der Waals surface area (Å²) in [5, 5.41) is 5.01. The number of ether oxygens (including phenoxy) is 1. The van der Waals surface area contributed by atoms with E-state index in [4.69, 9.17) is 17.0 Å². The number of fused-ring (bicyclic) bond motifs is 1. The Labute approximate surface area is 215 Å². The normalized spacial score (nSPS) is 14.9. The van der Waals surface area contributed by atoms with E-state index in [9.17, 15) is 9.59 Å². The summed E-state index contributed by atoms with van der Waals surface area (Å²) < 4.78 is 6.12. The smallest absolute Gasteiger partial charge is 0.270 e. The van der Waals surface area contributed by atoms with Crippen molar-refractivity contribution in [2.24, 2.45) is 0 Å². The van der Waals surface area contributed by atoms with Gasteiger partial charge in [0.1, 0.15) is 17.9 Å². The standard InChI is InChI=1S/C30H24N2O3S/c1-2-20-12-15-25(16-13-20)32-29(34)26(28(33)31-30(32)36)18-24-9-5-6-10-27(24)35-19-21-11-14-22-7-3-4-8-23(22)17-21/h3-18H,2,19H2,1H3,(H,31,33,36)/b26-18+. The number of carbonyl (C=O) groups is 2. The lowest BCUT2D eigenvalue weighted by atomic mass is 10.1. The summed E-state index contributed by atoms with van der Waals surface area (Å²) in [5.74, 6) is -0.432. The summed E-state index contributed by atoms with van der Waals surface area (Å²) in [7, 11) is 0. The first kappa shape index (κ1) is 23.5. The Morgan fingerprint density at radius 2 is 1.56 bits per heavy atom. The van der Waals surface area contributed by atoms with Crippen LogP contribution in [0.2, 0.25) is 0 Å². The van der Waals surface area contributed by atoms with Crippen LogP contribution >= 0.6 is 12.2 Å². The zero-order chi connectivity index (χ0) is 25.1. The highest BCUT2D eigenvalue weighted by Crippen LogP contribution is 2.27. The molecule has 5 nitrogen and oxygen atoms in total. The minimum Gasteiger partial charge on any atom is -0.488 e. The van der Waals surface area contributed by atoms with E-state index in [2.05, 4.69) is 36.5 Å². The van der Waals surface area contributed by atoms with Gasteiger partial charge in [-0.15, -0.1) is 0 Å². The summed E-state index contributed by atoms with van der Waals surface area (Å²) in [6, 6.07) is 29.2. The van der Waals surface area contributed by atoms with Crippen LogP contribution in [0.5, 0.6) is 5.75 Å². The number of hydrogen-bond donors (Lipinski definition) is 1. The number of nitrogens with zero attached hydrogens (tertiary/aromatic N) is 1. The molecule has 0 radical (unpaired) electrons. The van der Waals surface area contributed by atoms with Crippen LogP contribution in [0.4, 0.5) is 5.69 Å². The topological polar surface area (TPSA) is 58.6 Å². The predicted octanol–water partition coefficient (Wildman–Crippen LogP) is 5.81. The van der Waals surface area contributed by atoms with Crippen LogP contribution in [0, 0.1) is 0 Å². The fraction of sp³-hybridized carbons (Fsp3) is 0.100. The molecule has 2 amide bonds. The highest BCUT2D eigenvalue weighted by atomic mass is 32.1. The number of carbonyl (C=O) groups excluding carboxylic acids is 2. The zero-order valence-corrected chi connectivity index (χ0v) is 20.5. The number of amides is 2. The van der Waals surface area contributed by atoms with E-state index in [0.717, 1.165) is 22.9 Å². The van der Waals surface area contributed by atoms with Crippen molar-refractivity contribution in [1.82, 2.24) is 5.32 Å². The molecule has 1 N–H and O–H groups in total. The van der Waals surface area contributed by atoms with Crippen molar-refractivity contribution in [3.63, 3.8) is 0 Å². The lowest BCUT2D eigenvalue weighted by Gasteiger charge is -2.29. The maximum atomic E-state index is 13.4. The number of para-hydroxylation sites is 1. The first-order chi connectivity index (χ1) is 17.5. The van der Waals surface area contributed by atoms with Crippen molar-refractivity contribution in [3.05, 3.63) is 113 Å². The van der Waals surface area contributed by atoms with Crippen LogP contribution in [0.25, 0.3) is 16.8 Å². The number of nitrogens with one attached hydrogen (secondary N) is 1. The third-order valence-electron chi connectivity index (χ3n) is 6.13. The lowest BCUT2D eigenvalue weighted by Crippen LogP contribution is -2.54. The number of hydrogen-bond acceptors (Lipinski definition) is 4. The molecule has 0 bridgehead atoms. The maximum Gasteiger partial charge on any atom is 0.270 e. The van der Waals surface area contributed by atoms with Crippen LogP contribution in [0.1, 0.15) is 23.6 Å². The molecule has 1 saturated heterocycles. The Kier molecular flexibility index (Phi) is 6.60. The Bertz CT molecular complexity index is 1510. The van der Waals surface area contributed by atoms with E-state index in [0.29, 0.717) is 23.6 Å². The monoisotopic (exact) mass is 492 g/mol. The molecule has 0 spiro atoms. The third kappa shape index (κ3) is 4.76. The molecule has 178 valence electrons. The third-order valence-corrected chi connectivity index (χ3v) is 6.42. The minimum absolute atomic E-state index is 0.00933. The number of anilines is 1. The molecule has 4 aromatic carbocycles. The second-order valence-electron chi connectivity index (χ2n) is 8.49. The Morgan fingerprint density at radius 1 is 0.861 bits per heavy atom. The molecule has 0 unspecified atom stereocenters. The van der Waals surface area contributed by atoms with E-state index < -0.39 is 11.8 Å². The van der Waals surface area contributed by atoms with Crippen LogP contribution in [0.3, 0.4) is 0 Å². The number of aryl methyl sites for hydroxylation is 1. The van der Waals surface area contributed by atoms with Crippen molar-refractivity contribution < 1.29 is 14.3 Å². The van der Waals surface area contributed by atoms with Gasteiger partial charge in [0, 0.05) is 5.56 Å². The molecule has 36 heavy (non-hydrogen) atoms. The fourth-order valence-electron chi connectivity index (χ4n) is 4.15. The predicted molar refractivity (Wildman–Crippen MR) is 147 cm³/mol. The molecule has 1 heterocycles. The summed E-state index contributed by atoms with van der Waals surface area (Å²) in [4.78, 5) is 27.5. The first-order valence-electron chi connectivity index (χ1n) is 11.7. The first-order valence-corrected chi connectivity index (χ1v) is 12.1. The van der Waals surface area contributed by atoms with Gasteiger partial charge >= 0.3 is 0 Å². The molecule has 4 aromatic rings. The number of thiocarbonyl (C=S) groups is 1. The van der Waals surface area contributed by atoms with Gasteiger partial charge in [0.05, 0.1) is 5.69 Å². The van der Waals surface area contributed by atoms with Gasteiger partial charge in [-0.1, -0.05) is 73.7 Å². The summed E-state index contributed by atoms with van der Waals surface area (Å²) >= 11 is 5.32. The van der Waals surface area contributed by atoms with Gasteiger partial charge < -0.3 is 4.74 Å². The molecule has 6 heteroatoms. The highest BCUT2D eigenvalue weighted by molar-refractivity contribution is 7.80. The van der Waals surface area contributed by atoms with Gasteiger partial charge in [-0.2, -0.15) is 0 Å². The van der Waals surface area contributed by atoms with E-state index in [-0.39, 0.29) is 10.7 Å². The lowest BCUT2D eigenvalue weighted by molar-refractivity contribution is -0.122. The average Bonchev–Trinajstić information content (AvgIpc) is 2.90. The Hall–Kier alpha value is -4.29. The van der Waals surface area contributed by atoms with Crippen LogP contribution in [-0.4, -0.2) is 16.9 Å². The van der Waals surface area contributed by atoms with Gasteiger partial charge in [0.25, 0.3) is 11.8 Å². The molecular weight excluding hydrogens is 468 g/mol. The van der Waals surface area contributed by atoms with Crippen molar-refractivity contribution in [1.29, 1.82) is 0 Å². The van der Waals surface area contributed by atoms with Gasteiger partial charge in [-0.3, -0.25) is 19.8 Å². The summed E-state index contributed by atoms with van der Waals surface area (Å²) in [5.41, 5.74) is 3.39. The number of benzene rings is 4. The minimum atomic E-state index is -0.532. The van der Waals surface area contributed by atoms with E-state index in [1.54, 1.807) is 6.08 Å².